The van der Waals surface area contributed by atoms with Crippen LogP contribution < -0.4 is 5.32 Å². The number of nitrogens with one attached hydrogen (secondary N) is 2. The maximum atomic E-state index is 13.8. The van der Waals surface area contributed by atoms with Crippen molar-refractivity contribution in [2.75, 3.05) is 0 Å². The summed E-state index contributed by atoms with van der Waals surface area (Å²) in [5.74, 6) is 0.951. The third-order valence-corrected chi connectivity index (χ3v) is 7.43. The van der Waals surface area contributed by atoms with Crippen LogP contribution in [0.4, 0.5) is 4.39 Å². The van der Waals surface area contributed by atoms with Gasteiger partial charge in [-0.1, -0.05) is 11.6 Å². The lowest BCUT2D eigenvalue weighted by atomic mass is 9.64. The Balaban J connectivity index is 1.50. The Morgan fingerprint density at radius 2 is 1.97 bits per heavy atom. The number of aromatic amines is 1. The molecule has 4 aromatic rings. The molecule has 3 saturated carbocycles. The van der Waals surface area contributed by atoms with Gasteiger partial charge in [-0.15, -0.1) is 0 Å². The molecule has 9 heteroatoms. The van der Waals surface area contributed by atoms with Gasteiger partial charge in [0.25, 0.3) is 0 Å². The van der Waals surface area contributed by atoms with E-state index in [-0.39, 0.29) is 18.0 Å². The number of fused-ring (bicyclic) bond motifs is 5. The van der Waals surface area contributed by atoms with E-state index in [1.807, 2.05) is 6.20 Å². The Labute approximate surface area is 188 Å². The lowest BCUT2D eigenvalue weighted by Gasteiger charge is -2.49. The van der Waals surface area contributed by atoms with E-state index in [0.29, 0.717) is 39.3 Å². The summed E-state index contributed by atoms with van der Waals surface area (Å²) in [5.41, 5.74) is 1.99. The lowest BCUT2D eigenvalue weighted by molar-refractivity contribution is -0.121. The van der Waals surface area contributed by atoms with Crippen LogP contribution in [-0.2, 0) is 4.79 Å². The molecule has 7 rings (SSSR count). The minimum Gasteiger partial charge on any atom is -0.351 e. The second-order valence-corrected chi connectivity index (χ2v) is 9.37. The van der Waals surface area contributed by atoms with Gasteiger partial charge >= 0.3 is 0 Å². The van der Waals surface area contributed by atoms with E-state index in [2.05, 4.69) is 24.8 Å². The number of hydrogen-bond acceptors (Lipinski definition) is 4. The second-order valence-electron chi connectivity index (χ2n) is 8.96. The number of carbonyl (C=O) groups excluding carboxylic acids is 1. The van der Waals surface area contributed by atoms with Crippen LogP contribution in [0.15, 0.2) is 30.9 Å². The number of halogens is 2. The summed E-state index contributed by atoms with van der Waals surface area (Å²) in [5, 5.41) is 5.18. The number of pyridine rings is 1. The van der Waals surface area contributed by atoms with Gasteiger partial charge in [0.2, 0.25) is 5.91 Å². The van der Waals surface area contributed by atoms with Crippen LogP contribution >= 0.6 is 11.6 Å². The van der Waals surface area contributed by atoms with Gasteiger partial charge in [-0.3, -0.25) is 4.79 Å². The van der Waals surface area contributed by atoms with Crippen molar-refractivity contribution in [3.8, 4) is 11.4 Å². The number of nitrogens with zero attached hydrogens (tertiary/aromatic N) is 4. The molecule has 3 aliphatic carbocycles. The highest BCUT2D eigenvalue weighted by Crippen LogP contribution is 2.49. The van der Waals surface area contributed by atoms with E-state index in [1.165, 1.54) is 12.3 Å². The topological polar surface area (TPSA) is 88.5 Å². The van der Waals surface area contributed by atoms with Crippen LogP contribution in [0, 0.1) is 17.7 Å². The van der Waals surface area contributed by atoms with Crippen molar-refractivity contribution in [3.63, 3.8) is 0 Å². The van der Waals surface area contributed by atoms with Crippen LogP contribution in [0.3, 0.4) is 0 Å². The minimum absolute atomic E-state index is 0.0151. The van der Waals surface area contributed by atoms with Crippen molar-refractivity contribution in [3.05, 3.63) is 41.7 Å². The highest BCUT2D eigenvalue weighted by atomic mass is 35.5. The summed E-state index contributed by atoms with van der Waals surface area (Å²) >= 11 is 6.59. The smallest absolute Gasteiger partial charge is 0.217 e. The number of hydrogen-bond donors (Lipinski definition) is 2. The third-order valence-electron chi connectivity index (χ3n) is 7.13. The first kappa shape index (κ1) is 19.7. The van der Waals surface area contributed by atoms with E-state index < -0.39 is 5.82 Å². The highest BCUT2D eigenvalue weighted by molar-refractivity contribution is 6.35. The molecule has 32 heavy (non-hydrogen) atoms. The van der Waals surface area contributed by atoms with Crippen LogP contribution in [0.25, 0.3) is 33.5 Å². The lowest BCUT2D eigenvalue weighted by Crippen LogP contribution is -2.53. The quantitative estimate of drug-likeness (QED) is 0.474. The summed E-state index contributed by atoms with van der Waals surface area (Å²) < 4.78 is 16.0. The second kappa shape index (κ2) is 7.27. The van der Waals surface area contributed by atoms with Gasteiger partial charge in [0, 0.05) is 36.5 Å². The molecule has 0 saturated heterocycles. The Morgan fingerprint density at radius 1 is 1.19 bits per heavy atom. The Hall–Kier alpha value is -3.00. The van der Waals surface area contributed by atoms with Gasteiger partial charge < -0.3 is 14.9 Å². The van der Waals surface area contributed by atoms with E-state index in [4.69, 9.17) is 16.6 Å². The van der Waals surface area contributed by atoms with Crippen LogP contribution in [-0.4, -0.2) is 36.5 Å². The van der Waals surface area contributed by atoms with Crippen molar-refractivity contribution in [2.45, 2.75) is 44.7 Å². The average molecular weight is 453 g/mol. The SMILES string of the molecule is CC(=O)N[C@H]1C2CCC(CC2)[C@@H]1n1cc(Cl)c2cnc(-c3c[nH]c4ncc(F)cc34)nc21. The monoisotopic (exact) mass is 452 g/mol. The standard InChI is InChI=1S/C23H22ClFN6O/c1-11(32)29-19-12-2-4-13(5-3-12)20(19)31-10-18(24)17-9-28-22(30-23(17)31)16-8-27-21-15(16)6-14(25)7-26-21/h6-10,12-13,19-20H,2-5H2,1H3,(H,26,27)(H,29,32)/t12?,13?,19-,20-/m0/s1. The molecule has 3 fully saturated rings. The van der Waals surface area contributed by atoms with Crippen molar-refractivity contribution in [1.29, 1.82) is 0 Å². The van der Waals surface area contributed by atoms with Crippen LogP contribution in [0.2, 0.25) is 5.02 Å². The van der Waals surface area contributed by atoms with E-state index >= 15 is 0 Å². The van der Waals surface area contributed by atoms with Gasteiger partial charge in [-0.25, -0.2) is 19.3 Å². The maximum absolute atomic E-state index is 13.8. The molecule has 3 aliphatic rings. The molecule has 4 aromatic heterocycles. The highest BCUT2D eigenvalue weighted by Gasteiger charge is 2.45. The first-order chi connectivity index (χ1) is 15.5. The predicted octanol–water partition coefficient (Wildman–Crippen LogP) is 4.63. The molecule has 7 nitrogen and oxygen atoms in total. The van der Waals surface area contributed by atoms with E-state index in [9.17, 15) is 9.18 Å². The van der Waals surface area contributed by atoms with Crippen LogP contribution in [0.5, 0.6) is 0 Å². The van der Waals surface area contributed by atoms with Crippen molar-refractivity contribution >= 4 is 39.6 Å². The number of carbonyl (C=O) groups is 1. The fraction of sp³-hybridized carbons (Fsp3) is 0.391. The molecule has 0 unspecified atom stereocenters. The molecule has 0 aliphatic heterocycles. The molecule has 1 amide bonds. The molecular formula is C23H22ClFN6O. The Kier molecular flexibility index (Phi) is 4.47. The normalized spacial score (nSPS) is 25.0. The third kappa shape index (κ3) is 3.00. The van der Waals surface area contributed by atoms with E-state index in [0.717, 1.165) is 36.7 Å². The van der Waals surface area contributed by atoms with Crippen molar-refractivity contribution in [2.24, 2.45) is 11.8 Å². The predicted molar refractivity (Wildman–Crippen MR) is 120 cm³/mol. The first-order valence-corrected chi connectivity index (χ1v) is 11.3. The average Bonchev–Trinajstić information content (AvgIpc) is 3.34. The molecule has 0 spiro atoms. The summed E-state index contributed by atoms with van der Waals surface area (Å²) in [6, 6.07) is 1.57. The molecule has 0 aromatic carbocycles. The summed E-state index contributed by atoms with van der Waals surface area (Å²) in [6.07, 6.45) is 11.1. The number of rotatable bonds is 3. The van der Waals surface area contributed by atoms with Crippen LogP contribution in [0.1, 0.15) is 38.6 Å². The van der Waals surface area contributed by atoms with Gasteiger partial charge in [-0.05, 0) is 43.6 Å². The molecule has 2 N–H and O–H groups in total. The molecule has 4 heterocycles. The molecule has 0 radical (unpaired) electrons. The number of aromatic nitrogens is 5. The zero-order valence-electron chi connectivity index (χ0n) is 17.5. The number of H-pyrrole nitrogens is 1. The zero-order valence-corrected chi connectivity index (χ0v) is 18.2. The van der Waals surface area contributed by atoms with Gasteiger partial charge in [0.15, 0.2) is 5.82 Å². The fourth-order valence-electron chi connectivity index (χ4n) is 5.77. The van der Waals surface area contributed by atoms with Gasteiger partial charge in [0.1, 0.15) is 17.1 Å². The van der Waals surface area contributed by atoms with Crippen molar-refractivity contribution < 1.29 is 9.18 Å². The minimum atomic E-state index is -0.415. The zero-order chi connectivity index (χ0) is 22.0. The summed E-state index contributed by atoms with van der Waals surface area (Å²) in [4.78, 5) is 28.5. The molecule has 2 atom stereocenters. The summed E-state index contributed by atoms with van der Waals surface area (Å²) in [6.45, 7) is 1.57. The van der Waals surface area contributed by atoms with Crippen molar-refractivity contribution in [1.82, 2.24) is 29.8 Å². The fourth-order valence-corrected chi connectivity index (χ4v) is 6.01. The Bertz CT molecular complexity index is 1360. The largest absolute Gasteiger partial charge is 0.351 e. The van der Waals surface area contributed by atoms with E-state index in [1.54, 1.807) is 19.3 Å². The molecule has 2 bridgehead atoms. The maximum Gasteiger partial charge on any atom is 0.217 e. The van der Waals surface area contributed by atoms with Gasteiger partial charge in [-0.2, -0.15) is 0 Å². The summed E-state index contributed by atoms with van der Waals surface area (Å²) in [7, 11) is 0. The Morgan fingerprint density at radius 3 is 2.75 bits per heavy atom. The number of amides is 1. The molecule has 164 valence electrons. The first-order valence-electron chi connectivity index (χ1n) is 10.9. The molecular weight excluding hydrogens is 431 g/mol. The van der Waals surface area contributed by atoms with Gasteiger partial charge in [0.05, 0.1) is 28.7 Å².